The number of carbonyl (C=O) groups excluding carboxylic acids is 1. The number of piperazine rings is 1. The second-order valence-electron chi connectivity index (χ2n) is 6.04. The van der Waals surface area contributed by atoms with E-state index in [0.717, 1.165) is 24.2 Å². The zero-order valence-electron chi connectivity index (χ0n) is 14.6. The van der Waals surface area contributed by atoms with Crippen LogP contribution in [-0.2, 0) is 14.8 Å². The van der Waals surface area contributed by atoms with Gasteiger partial charge in [-0.05, 0) is 37.1 Å². The van der Waals surface area contributed by atoms with Gasteiger partial charge in [-0.2, -0.15) is 4.31 Å². The van der Waals surface area contributed by atoms with E-state index in [1.807, 2.05) is 6.92 Å². The molecule has 1 aromatic carbocycles. The van der Waals surface area contributed by atoms with Crippen molar-refractivity contribution >= 4 is 15.9 Å². The molecule has 7 heteroatoms. The van der Waals surface area contributed by atoms with Crippen LogP contribution in [-0.4, -0.2) is 56.3 Å². The van der Waals surface area contributed by atoms with E-state index in [9.17, 15) is 13.2 Å². The highest BCUT2D eigenvalue weighted by atomic mass is 32.2. The Hall–Kier alpha value is -1.60. The number of unbranched alkanes of at least 4 members (excludes halogenated alkanes) is 1. The van der Waals surface area contributed by atoms with Crippen LogP contribution in [0.3, 0.4) is 0 Å². The van der Waals surface area contributed by atoms with Gasteiger partial charge in [-0.15, -0.1) is 0 Å². The molecular weight excluding hydrogens is 328 g/mol. The molecule has 0 saturated carbocycles. The highest BCUT2D eigenvalue weighted by Gasteiger charge is 2.29. The zero-order chi connectivity index (χ0) is 17.7. The number of rotatable bonds is 6. The minimum atomic E-state index is -3.54. The Morgan fingerprint density at radius 2 is 1.88 bits per heavy atom. The smallest absolute Gasteiger partial charge is 0.243 e. The molecule has 24 heavy (non-hydrogen) atoms. The highest BCUT2D eigenvalue weighted by Crippen LogP contribution is 2.25. The summed E-state index contributed by atoms with van der Waals surface area (Å²) in [5.41, 5.74) is 0.814. The zero-order valence-corrected chi connectivity index (χ0v) is 15.4. The van der Waals surface area contributed by atoms with Crippen LogP contribution in [0.25, 0.3) is 0 Å². The molecule has 1 saturated heterocycles. The molecule has 0 unspecified atom stereocenters. The predicted molar refractivity (Wildman–Crippen MR) is 92.6 cm³/mol. The van der Waals surface area contributed by atoms with Gasteiger partial charge in [-0.3, -0.25) is 4.79 Å². The van der Waals surface area contributed by atoms with Crippen molar-refractivity contribution in [2.45, 2.75) is 38.5 Å². The van der Waals surface area contributed by atoms with E-state index in [1.54, 1.807) is 23.1 Å². The van der Waals surface area contributed by atoms with E-state index in [4.69, 9.17) is 4.74 Å². The third-order valence-corrected chi connectivity index (χ3v) is 6.12. The van der Waals surface area contributed by atoms with Crippen LogP contribution in [0, 0.1) is 6.92 Å². The quantitative estimate of drug-likeness (QED) is 0.733. The summed E-state index contributed by atoms with van der Waals surface area (Å²) in [6.07, 6.45) is 2.03. The van der Waals surface area contributed by atoms with E-state index in [-0.39, 0.29) is 10.8 Å². The van der Waals surface area contributed by atoms with Gasteiger partial charge in [0.05, 0.1) is 11.5 Å². The Bertz CT molecular complexity index is 680. The lowest BCUT2D eigenvalue weighted by Crippen LogP contribution is -2.49. The van der Waals surface area contributed by atoms with Crippen LogP contribution in [0.15, 0.2) is 23.1 Å². The van der Waals surface area contributed by atoms with E-state index in [2.05, 4.69) is 6.92 Å². The molecule has 1 fully saturated rings. The number of aryl methyl sites for hydroxylation is 1. The van der Waals surface area contributed by atoms with Crippen molar-refractivity contribution < 1.29 is 17.9 Å². The lowest BCUT2D eigenvalue weighted by atomic mass is 10.2. The first-order chi connectivity index (χ1) is 11.4. The molecule has 2 rings (SSSR count). The van der Waals surface area contributed by atoms with Crippen molar-refractivity contribution in [2.75, 3.05) is 32.8 Å². The van der Waals surface area contributed by atoms with Crippen LogP contribution < -0.4 is 4.74 Å². The van der Waals surface area contributed by atoms with Crippen molar-refractivity contribution in [1.29, 1.82) is 0 Å². The Morgan fingerprint density at radius 3 is 2.42 bits per heavy atom. The van der Waals surface area contributed by atoms with Crippen molar-refractivity contribution in [2.24, 2.45) is 0 Å². The third-order valence-electron chi connectivity index (χ3n) is 4.22. The van der Waals surface area contributed by atoms with Crippen LogP contribution in [0.4, 0.5) is 0 Å². The topological polar surface area (TPSA) is 66.9 Å². The van der Waals surface area contributed by atoms with Gasteiger partial charge in [0.25, 0.3) is 0 Å². The largest absolute Gasteiger partial charge is 0.493 e. The molecule has 0 N–H and O–H groups in total. The van der Waals surface area contributed by atoms with E-state index in [1.165, 1.54) is 11.2 Å². The molecule has 0 atom stereocenters. The monoisotopic (exact) mass is 354 g/mol. The molecule has 0 bridgehead atoms. The summed E-state index contributed by atoms with van der Waals surface area (Å²) in [5, 5.41) is 0. The average Bonchev–Trinajstić information content (AvgIpc) is 2.56. The summed E-state index contributed by atoms with van der Waals surface area (Å²) in [5.74, 6) is 0.709. The molecular formula is C17H26N2O4S. The number of sulfonamides is 1. The summed E-state index contributed by atoms with van der Waals surface area (Å²) in [6.45, 7) is 7.62. The van der Waals surface area contributed by atoms with Crippen LogP contribution in [0.1, 0.15) is 32.3 Å². The Kier molecular flexibility index (Phi) is 6.23. The molecule has 134 valence electrons. The normalized spacial score (nSPS) is 16.2. The summed E-state index contributed by atoms with van der Waals surface area (Å²) in [7, 11) is -3.54. The van der Waals surface area contributed by atoms with Crippen LogP contribution in [0.2, 0.25) is 0 Å². The number of ether oxygens (including phenoxy) is 1. The Balaban J connectivity index is 2.09. The minimum Gasteiger partial charge on any atom is -0.493 e. The number of amides is 1. The number of carbonyl (C=O) groups is 1. The van der Waals surface area contributed by atoms with Crippen LogP contribution >= 0.6 is 0 Å². The average molecular weight is 354 g/mol. The molecule has 6 nitrogen and oxygen atoms in total. The minimum absolute atomic E-state index is 0.0172. The lowest BCUT2D eigenvalue weighted by Gasteiger charge is -2.33. The van der Waals surface area contributed by atoms with E-state index < -0.39 is 10.0 Å². The summed E-state index contributed by atoms with van der Waals surface area (Å²) >= 11 is 0. The van der Waals surface area contributed by atoms with Crippen molar-refractivity contribution in [3.05, 3.63) is 23.8 Å². The fraction of sp³-hybridized carbons (Fsp3) is 0.588. The second-order valence-corrected chi connectivity index (χ2v) is 7.98. The first-order valence-corrected chi connectivity index (χ1v) is 9.79. The van der Waals surface area contributed by atoms with Gasteiger partial charge >= 0.3 is 0 Å². The van der Waals surface area contributed by atoms with Crippen LogP contribution in [0.5, 0.6) is 5.75 Å². The van der Waals surface area contributed by atoms with Gasteiger partial charge in [0.2, 0.25) is 15.9 Å². The lowest BCUT2D eigenvalue weighted by molar-refractivity contribution is -0.129. The van der Waals surface area contributed by atoms with Gasteiger partial charge < -0.3 is 9.64 Å². The summed E-state index contributed by atoms with van der Waals surface area (Å²) in [4.78, 5) is 13.3. The van der Waals surface area contributed by atoms with E-state index >= 15 is 0 Å². The fourth-order valence-corrected chi connectivity index (χ4v) is 4.17. The van der Waals surface area contributed by atoms with E-state index in [0.29, 0.717) is 32.8 Å². The molecule has 1 aliphatic heterocycles. The number of benzene rings is 1. The van der Waals surface area contributed by atoms with Gasteiger partial charge in [0, 0.05) is 33.1 Å². The number of hydrogen-bond donors (Lipinski definition) is 0. The molecule has 0 radical (unpaired) electrons. The maximum atomic E-state index is 12.8. The van der Waals surface area contributed by atoms with Crippen molar-refractivity contribution in [3.8, 4) is 5.75 Å². The molecule has 1 heterocycles. The van der Waals surface area contributed by atoms with Gasteiger partial charge in [-0.1, -0.05) is 13.3 Å². The first kappa shape index (κ1) is 18.7. The Morgan fingerprint density at radius 1 is 1.21 bits per heavy atom. The van der Waals surface area contributed by atoms with Gasteiger partial charge in [0.15, 0.2) is 0 Å². The number of nitrogens with zero attached hydrogens (tertiary/aromatic N) is 2. The fourth-order valence-electron chi connectivity index (χ4n) is 2.66. The number of hydrogen-bond acceptors (Lipinski definition) is 4. The van der Waals surface area contributed by atoms with Crippen molar-refractivity contribution in [1.82, 2.24) is 9.21 Å². The first-order valence-electron chi connectivity index (χ1n) is 8.35. The standard InChI is InChI=1S/C17H26N2O4S/c1-4-5-12-23-17-7-6-16(13-14(17)2)24(21,22)19-10-8-18(9-11-19)15(3)20/h6-7,13H,4-5,8-12H2,1-3H3. The molecule has 0 aromatic heterocycles. The van der Waals surface area contributed by atoms with Crippen molar-refractivity contribution in [3.63, 3.8) is 0 Å². The second kappa shape index (κ2) is 7.98. The van der Waals surface area contributed by atoms with Gasteiger partial charge in [-0.25, -0.2) is 8.42 Å². The highest BCUT2D eigenvalue weighted by molar-refractivity contribution is 7.89. The maximum Gasteiger partial charge on any atom is 0.243 e. The Labute approximate surface area is 144 Å². The molecule has 0 aliphatic carbocycles. The summed E-state index contributed by atoms with van der Waals surface area (Å²) < 4.78 is 32.7. The molecule has 0 spiro atoms. The molecule has 1 aromatic rings. The van der Waals surface area contributed by atoms with Gasteiger partial charge in [0.1, 0.15) is 5.75 Å². The third kappa shape index (κ3) is 4.27. The SMILES string of the molecule is CCCCOc1ccc(S(=O)(=O)N2CCN(C(C)=O)CC2)cc1C. The molecule has 1 aliphatic rings. The summed E-state index contributed by atoms with van der Waals surface area (Å²) in [6, 6.07) is 4.98. The predicted octanol–water partition coefficient (Wildman–Crippen LogP) is 2.03. The molecule has 1 amide bonds. The maximum absolute atomic E-state index is 12.8.